The zero-order chi connectivity index (χ0) is 21.6. The lowest BCUT2D eigenvalue weighted by Gasteiger charge is -2.10. The maximum absolute atomic E-state index is 13.2. The quantitative estimate of drug-likeness (QED) is 0.505. The van der Waals surface area contributed by atoms with Gasteiger partial charge in [-0.3, -0.25) is 18.7 Å². The summed E-state index contributed by atoms with van der Waals surface area (Å²) in [6.07, 6.45) is 0. The van der Waals surface area contributed by atoms with E-state index in [1.165, 1.54) is 9.13 Å². The first-order chi connectivity index (χ1) is 14.3. The predicted molar refractivity (Wildman–Crippen MR) is 113 cm³/mol. The minimum absolute atomic E-state index is 0.101. The molecule has 3 aromatic heterocycles. The van der Waals surface area contributed by atoms with E-state index in [1.807, 2.05) is 30.3 Å². The van der Waals surface area contributed by atoms with Crippen LogP contribution >= 0.6 is 0 Å². The van der Waals surface area contributed by atoms with Crippen LogP contribution in [0.15, 0.2) is 39.9 Å². The molecule has 9 nitrogen and oxygen atoms in total. The second kappa shape index (κ2) is 7.33. The van der Waals surface area contributed by atoms with Crippen LogP contribution in [0.3, 0.4) is 0 Å². The van der Waals surface area contributed by atoms with Gasteiger partial charge in [-0.2, -0.15) is 0 Å². The number of nitrogens with zero attached hydrogens (tertiary/aromatic N) is 4. The van der Waals surface area contributed by atoms with E-state index in [-0.39, 0.29) is 24.3 Å². The van der Waals surface area contributed by atoms with Crippen LogP contribution in [-0.4, -0.2) is 36.2 Å². The fourth-order valence-corrected chi connectivity index (χ4v) is 3.75. The number of aryl methyl sites for hydroxylation is 2. The summed E-state index contributed by atoms with van der Waals surface area (Å²) in [5, 5.41) is 1.00. The average Bonchev–Trinajstić information content (AvgIpc) is 3.29. The standard InChI is InChI=1S/C21H23N5O4/c1-5-30-20(28)12(2)17-23-18-16(24(17)3)19(27)26(21(29)25(18)4)11-14-10-13-8-6-7-9-15(13)22-14/h6-10,12,22H,5,11H2,1-4H3. The number of hydrogen-bond acceptors (Lipinski definition) is 5. The first kappa shape index (κ1) is 19.7. The van der Waals surface area contributed by atoms with E-state index < -0.39 is 23.1 Å². The van der Waals surface area contributed by atoms with Gasteiger partial charge in [-0.15, -0.1) is 0 Å². The Hall–Kier alpha value is -3.62. The Kier molecular flexibility index (Phi) is 4.81. The van der Waals surface area contributed by atoms with Gasteiger partial charge >= 0.3 is 11.7 Å². The summed E-state index contributed by atoms with van der Waals surface area (Å²) in [5.74, 6) is -0.725. The molecule has 30 heavy (non-hydrogen) atoms. The van der Waals surface area contributed by atoms with Gasteiger partial charge in [-0.1, -0.05) is 18.2 Å². The van der Waals surface area contributed by atoms with Crippen LogP contribution in [0.4, 0.5) is 0 Å². The molecule has 0 saturated heterocycles. The number of hydrogen-bond donors (Lipinski definition) is 1. The lowest BCUT2D eigenvalue weighted by atomic mass is 10.2. The highest BCUT2D eigenvalue weighted by atomic mass is 16.5. The zero-order valence-corrected chi connectivity index (χ0v) is 17.3. The van der Waals surface area contributed by atoms with E-state index in [4.69, 9.17) is 4.74 Å². The van der Waals surface area contributed by atoms with Crippen LogP contribution in [0, 0.1) is 0 Å². The number of aromatic nitrogens is 5. The second-order valence-corrected chi connectivity index (χ2v) is 7.29. The number of imidazole rings is 1. The Morgan fingerprint density at radius 1 is 1.20 bits per heavy atom. The van der Waals surface area contributed by atoms with Crippen molar-refractivity contribution in [2.24, 2.45) is 14.1 Å². The van der Waals surface area contributed by atoms with Crippen LogP contribution in [0.1, 0.15) is 31.3 Å². The van der Waals surface area contributed by atoms with Gasteiger partial charge in [0, 0.05) is 25.3 Å². The highest BCUT2D eigenvalue weighted by Crippen LogP contribution is 2.20. The predicted octanol–water partition coefficient (Wildman–Crippen LogP) is 1.63. The number of aromatic amines is 1. The van der Waals surface area contributed by atoms with Crippen molar-refractivity contribution in [3.05, 3.63) is 62.7 Å². The van der Waals surface area contributed by atoms with E-state index in [0.29, 0.717) is 5.82 Å². The summed E-state index contributed by atoms with van der Waals surface area (Å²) in [7, 11) is 3.23. The minimum Gasteiger partial charge on any atom is -0.465 e. The first-order valence-electron chi connectivity index (χ1n) is 9.72. The van der Waals surface area contributed by atoms with Gasteiger partial charge in [0.2, 0.25) is 0 Å². The SMILES string of the molecule is CCOC(=O)C(C)c1nc2c(c(=O)n(Cc3cc4ccccc4[nH]3)c(=O)n2C)n1C. The molecule has 9 heteroatoms. The molecule has 1 unspecified atom stereocenters. The number of esters is 1. The number of carbonyl (C=O) groups excluding carboxylic acids is 1. The van der Waals surface area contributed by atoms with Crippen LogP contribution in [0.5, 0.6) is 0 Å². The van der Waals surface area contributed by atoms with Gasteiger partial charge in [-0.05, 0) is 31.4 Å². The average molecular weight is 409 g/mol. The molecule has 0 spiro atoms. The number of nitrogens with one attached hydrogen (secondary N) is 1. The van der Waals surface area contributed by atoms with Gasteiger partial charge in [0.25, 0.3) is 5.56 Å². The third-order valence-electron chi connectivity index (χ3n) is 5.34. The van der Waals surface area contributed by atoms with Gasteiger partial charge < -0.3 is 14.3 Å². The van der Waals surface area contributed by atoms with Crippen LogP contribution < -0.4 is 11.2 Å². The molecular formula is C21H23N5O4. The lowest BCUT2D eigenvalue weighted by Crippen LogP contribution is -2.39. The summed E-state index contributed by atoms with van der Waals surface area (Å²) in [5.41, 5.74) is 1.26. The maximum atomic E-state index is 13.2. The Bertz CT molecular complexity index is 1360. The van der Waals surface area contributed by atoms with E-state index in [9.17, 15) is 14.4 Å². The number of para-hydroxylation sites is 1. The van der Waals surface area contributed by atoms with E-state index in [2.05, 4.69) is 9.97 Å². The summed E-state index contributed by atoms with van der Waals surface area (Å²) >= 11 is 0. The number of benzene rings is 1. The summed E-state index contributed by atoms with van der Waals surface area (Å²) < 4.78 is 9.15. The third-order valence-corrected chi connectivity index (χ3v) is 5.34. The first-order valence-corrected chi connectivity index (χ1v) is 9.72. The Balaban J connectivity index is 1.85. The van der Waals surface area contributed by atoms with E-state index >= 15 is 0 Å². The second-order valence-electron chi connectivity index (χ2n) is 7.29. The highest BCUT2D eigenvalue weighted by molar-refractivity contribution is 5.80. The molecule has 0 radical (unpaired) electrons. The fourth-order valence-electron chi connectivity index (χ4n) is 3.75. The number of ether oxygens (including phenoxy) is 1. The van der Waals surface area contributed by atoms with E-state index in [0.717, 1.165) is 16.6 Å². The molecular weight excluding hydrogens is 386 g/mol. The van der Waals surface area contributed by atoms with Crippen molar-refractivity contribution >= 4 is 28.0 Å². The van der Waals surface area contributed by atoms with Crippen molar-refractivity contribution in [1.82, 2.24) is 23.7 Å². The normalized spacial score (nSPS) is 12.5. The zero-order valence-electron chi connectivity index (χ0n) is 17.3. The van der Waals surface area contributed by atoms with Gasteiger partial charge in [0.1, 0.15) is 11.7 Å². The minimum atomic E-state index is -0.668. The van der Waals surface area contributed by atoms with Gasteiger partial charge in [0.05, 0.1) is 13.2 Å². The molecule has 1 atom stereocenters. The van der Waals surface area contributed by atoms with Crippen LogP contribution in [0.25, 0.3) is 22.1 Å². The number of carbonyl (C=O) groups is 1. The summed E-state index contributed by atoms with van der Waals surface area (Å²) in [6, 6.07) is 9.67. The van der Waals surface area contributed by atoms with Crippen molar-refractivity contribution in [1.29, 1.82) is 0 Å². The molecule has 4 rings (SSSR count). The molecule has 0 bridgehead atoms. The molecule has 0 aliphatic heterocycles. The Morgan fingerprint density at radius 2 is 1.93 bits per heavy atom. The molecule has 0 saturated carbocycles. The maximum Gasteiger partial charge on any atom is 0.332 e. The Labute approximate surface area is 171 Å². The molecule has 0 aliphatic rings. The molecule has 0 aliphatic carbocycles. The number of fused-ring (bicyclic) bond motifs is 2. The van der Waals surface area contributed by atoms with Crippen LogP contribution in [0.2, 0.25) is 0 Å². The molecule has 156 valence electrons. The van der Waals surface area contributed by atoms with Gasteiger partial charge in [-0.25, -0.2) is 9.78 Å². The lowest BCUT2D eigenvalue weighted by molar-refractivity contribution is -0.144. The molecule has 3 heterocycles. The van der Waals surface area contributed by atoms with Crippen molar-refractivity contribution in [3.8, 4) is 0 Å². The largest absolute Gasteiger partial charge is 0.465 e. The smallest absolute Gasteiger partial charge is 0.332 e. The third kappa shape index (κ3) is 3.02. The molecule has 0 amide bonds. The Morgan fingerprint density at radius 3 is 2.63 bits per heavy atom. The molecule has 1 aromatic carbocycles. The topological polar surface area (TPSA) is 104 Å². The monoisotopic (exact) mass is 409 g/mol. The van der Waals surface area contributed by atoms with Crippen LogP contribution in [-0.2, 0) is 30.2 Å². The molecule has 1 N–H and O–H groups in total. The highest BCUT2D eigenvalue weighted by Gasteiger charge is 2.26. The summed E-state index contributed by atoms with van der Waals surface area (Å²) in [6.45, 7) is 3.75. The van der Waals surface area contributed by atoms with Gasteiger partial charge in [0.15, 0.2) is 11.2 Å². The number of H-pyrrole nitrogens is 1. The molecule has 0 fully saturated rings. The van der Waals surface area contributed by atoms with Crippen molar-refractivity contribution in [3.63, 3.8) is 0 Å². The number of rotatable bonds is 5. The van der Waals surface area contributed by atoms with Crippen molar-refractivity contribution < 1.29 is 9.53 Å². The van der Waals surface area contributed by atoms with Crippen molar-refractivity contribution in [2.45, 2.75) is 26.3 Å². The van der Waals surface area contributed by atoms with Crippen molar-refractivity contribution in [2.75, 3.05) is 6.61 Å². The summed E-state index contributed by atoms with van der Waals surface area (Å²) in [4.78, 5) is 46.0. The molecule has 4 aromatic rings. The fraction of sp³-hybridized carbons (Fsp3) is 0.333. The van der Waals surface area contributed by atoms with E-state index in [1.54, 1.807) is 32.5 Å².